The van der Waals surface area contributed by atoms with Gasteiger partial charge in [0.2, 0.25) is 0 Å². The van der Waals surface area contributed by atoms with Gasteiger partial charge < -0.3 is 14.8 Å². The van der Waals surface area contributed by atoms with Gasteiger partial charge in [-0.15, -0.1) is 0 Å². The van der Waals surface area contributed by atoms with Crippen LogP contribution in [0.2, 0.25) is 0 Å². The van der Waals surface area contributed by atoms with Crippen molar-refractivity contribution in [2.24, 2.45) is 0 Å². The predicted octanol–water partition coefficient (Wildman–Crippen LogP) is 3.12. The van der Waals surface area contributed by atoms with E-state index >= 15 is 0 Å². The molecule has 2 aromatic rings. The second-order valence-corrected chi connectivity index (χ2v) is 4.94. The van der Waals surface area contributed by atoms with E-state index in [4.69, 9.17) is 9.47 Å². The molecule has 1 aromatic carbocycles. The van der Waals surface area contributed by atoms with Crippen LogP contribution >= 0.6 is 0 Å². The zero-order chi connectivity index (χ0) is 16.1. The van der Waals surface area contributed by atoms with Gasteiger partial charge in [0.05, 0.1) is 32.0 Å². The molecule has 0 radical (unpaired) electrons. The molecule has 1 heterocycles. The zero-order valence-electron chi connectivity index (χ0n) is 13.3. The molecule has 0 aliphatic heterocycles. The Morgan fingerprint density at radius 2 is 2.09 bits per heavy atom. The first kappa shape index (κ1) is 15.9. The van der Waals surface area contributed by atoms with Crippen molar-refractivity contribution in [1.29, 1.82) is 0 Å². The molecule has 1 unspecified atom stereocenters. The molecule has 1 aromatic heterocycles. The Hall–Kier alpha value is -2.50. The number of nitrogens with one attached hydrogen (secondary N) is 1. The van der Waals surface area contributed by atoms with Gasteiger partial charge in [-0.3, -0.25) is 4.79 Å². The third-order valence-electron chi connectivity index (χ3n) is 3.57. The number of rotatable bonds is 6. The Labute approximate surface area is 130 Å². The monoisotopic (exact) mass is 303 g/mol. The van der Waals surface area contributed by atoms with Crippen molar-refractivity contribution in [2.45, 2.75) is 26.3 Å². The van der Waals surface area contributed by atoms with E-state index in [2.05, 4.69) is 24.3 Å². The van der Waals surface area contributed by atoms with Crippen LogP contribution in [-0.4, -0.2) is 29.9 Å². The highest BCUT2D eigenvalue weighted by molar-refractivity contribution is 6.06. The number of carbonyl (C=O) groups excluding carboxylic acids is 1. The van der Waals surface area contributed by atoms with Gasteiger partial charge in [-0.2, -0.15) is 5.10 Å². The Kier molecular flexibility index (Phi) is 5.04. The Balaban J connectivity index is 2.28. The smallest absolute Gasteiger partial charge is 0.260 e. The molecule has 1 atom stereocenters. The standard InChI is InChI=1S/C16H21N3O3/c1-5-11(2)19-15(8-9-17-19)18-16(20)13-10-12(21-3)6-7-14(13)22-4/h6-11H,5H2,1-4H3,(H,18,20). The number of carbonyl (C=O) groups is 1. The van der Waals surface area contributed by atoms with E-state index in [-0.39, 0.29) is 11.9 Å². The van der Waals surface area contributed by atoms with Gasteiger partial charge in [0, 0.05) is 6.07 Å². The summed E-state index contributed by atoms with van der Waals surface area (Å²) in [5.74, 6) is 1.49. The van der Waals surface area contributed by atoms with Crippen molar-refractivity contribution in [3.8, 4) is 11.5 Å². The largest absolute Gasteiger partial charge is 0.497 e. The van der Waals surface area contributed by atoms with Gasteiger partial charge in [-0.05, 0) is 31.5 Å². The molecule has 0 saturated carbocycles. The average molecular weight is 303 g/mol. The van der Waals surface area contributed by atoms with Crippen molar-refractivity contribution in [3.63, 3.8) is 0 Å². The van der Waals surface area contributed by atoms with Gasteiger partial charge in [-0.25, -0.2) is 4.68 Å². The van der Waals surface area contributed by atoms with Gasteiger partial charge in [0.15, 0.2) is 0 Å². The minimum absolute atomic E-state index is 0.206. The summed E-state index contributed by atoms with van der Waals surface area (Å²) in [6.07, 6.45) is 2.59. The van der Waals surface area contributed by atoms with E-state index in [1.807, 2.05) is 0 Å². The highest BCUT2D eigenvalue weighted by Gasteiger charge is 2.16. The highest BCUT2D eigenvalue weighted by atomic mass is 16.5. The van der Waals surface area contributed by atoms with Gasteiger partial charge >= 0.3 is 0 Å². The topological polar surface area (TPSA) is 65.4 Å². The van der Waals surface area contributed by atoms with Crippen LogP contribution in [0.15, 0.2) is 30.5 Å². The lowest BCUT2D eigenvalue weighted by atomic mass is 10.1. The molecule has 6 nitrogen and oxygen atoms in total. The summed E-state index contributed by atoms with van der Waals surface area (Å²) >= 11 is 0. The SMILES string of the molecule is CCC(C)n1nccc1NC(=O)c1cc(OC)ccc1OC. The van der Waals surface area contributed by atoms with Crippen molar-refractivity contribution in [1.82, 2.24) is 9.78 Å². The molecule has 22 heavy (non-hydrogen) atoms. The molecule has 2 rings (SSSR count). The van der Waals surface area contributed by atoms with Crippen LogP contribution in [0.5, 0.6) is 11.5 Å². The quantitative estimate of drug-likeness (QED) is 0.890. The van der Waals surface area contributed by atoms with E-state index in [9.17, 15) is 4.79 Å². The minimum atomic E-state index is -0.263. The molecule has 0 spiro atoms. The molecular formula is C16H21N3O3. The number of aromatic nitrogens is 2. The first-order valence-corrected chi connectivity index (χ1v) is 7.17. The minimum Gasteiger partial charge on any atom is -0.497 e. The Morgan fingerprint density at radius 1 is 1.32 bits per heavy atom. The molecule has 0 fully saturated rings. The third-order valence-corrected chi connectivity index (χ3v) is 3.57. The van der Waals surface area contributed by atoms with E-state index in [0.717, 1.165) is 6.42 Å². The number of amides is 1. The maximum atomic E-state index is 12.5. The second kappa shape index (κ2) is 6.98. The number of hydrogen-bond donors (Lipinski definition) is 1. The second-order valence-electron chi connectivity index (χ2n) is 4.94. The summed E-state index contributed by atoms with van der Waals surface area (Å²) in [7, 11) is 3.09. The molecule has 1 N–H and O–H groups in total. The summed E-state index contributed by atoms with van der Waals surface area (Å²) in [6.45, 7) is 4.12. The van der Waals surface area contributed by atoms with E-state index in [1.165, 1.54) is 7.11 Å². The number of nitrogens with zero attached hydrogens (tertiary/aromatic N) is 2. The van der Waals surface area contributed by atoms with Crippen molar-refractivity contribution in [3.05, 3.63) is 36.0 Å². The lowest BCUT2D eigenvalue weighted by Gasteiger charge is -2.15. The lowest BCUT2D eigenvalue weighted by molar-refractivity contribution is 0.102. The van der Waals surface area contributed by atoms with Crippen LogP contribution < -0.4 is 14.8 Å². The molecule has 0 aliphatic carbocycles. The number of hydrogen-bond acceptors (Lipinski definition) is 4. The van der Waals surface area contributed by atoms with Crippen LogP contribution in [0.3, 0.4) is 0 Å². The lowest BCUT2D eigenvalue weighted by Crippen LogP contribution is -2.18. The fraction of sp³-hybridized carbons (Fsp3) is 0.375. The Bertz CT molecular complexity index is 652. The maximum Gasteiger partial charge on any atom is 0.260 e. The Morgan fingerprint density at radius 3 is 2.73 bits per heavy atom. The first-order valence-electron chi connectivity index (χ1n) is 7.17. The van der Waals surface area contributed by atoms with Gasteiger partial charge in [0.1, 0.15) is 17.3 Å². The van der Waals surface area contributed by atoms with Crippen molar-refractivity contribution < 1.29 is 14.3 Å². The normalized spacial score (nSPS) is 11.8. The number of anilines is 1. The molecule has 0 aliphatic rings. The summed E-state index contributed by atoms with van der Waals surface area (Å²) in [4.78, 5) is 12.5. The highest BCUT2D eigenvalue weighted by Crippen LogP contribution is 2.25. The maximum absolute atomic E-state index is 12.5. The van der Waals surface area contributed by atoms with E-state index in [0.29, 0.717) is 22.9 Å². The summed E-state index contributed by atoms with van der Waals surface area (Å²) in [5.41, 5.74) is 0.416. The van der Waals surface area contributed by atoms with Crippen LogP contribution in [0, 0.1) is 0 Å². The number of benzene rings is 1. The zero-order valence-corrected chi connectivity index (χ0v) is 13.3. The van der Waals surface area contributed by atoms with Crippen LogP contribution in [0.25, 0.3) is 0 Å². The molecule has 0 saturated heterocycles. The summed E-state index contributed by atoms with van der Waals surface area (Å²) < 4.78 is 12.2. The number of methoxy groups -OCH3 is 2. The molecule has 0 bridgehead atoms. The summed E-state index contributed by atoms with van der Waals surface area (Å²) in [6, 6.07) is 7.09. The van der Waals surface area contributed by atoms with E-state index < -0.39 is 0 Å². The fourth-order valence-corrected chi connectivity index (χ4v) is 2.11. The first-order chi connectivity index (χ1) is 10.6. The van der Waals surface area contributed by atoms with Crippen LogP contribution in [0.1, 0.15) is 36.7 Å². The van der Waals surface area contributed by atoms with Crippen LogP contribution in [-0.2, 0) is 0 Å². The summed E-state index contributed by atoms with van der Waals surface area (Å²) in [5, 5.41) is 7.13. The van der Waals surface area contributed by atoms with Gasteiger partial charge in [0.25, 0.3) is 5.91 Å². The third kappa shape index (κ3) is 3.21. The molecular weight excluding hydrogens is 282 g/mol. The van der Waals surface area contributed by atoms with E-state index in [1.54, 1.807) is 42.3 Å². The molecule has 6 heteroatoms. The average Bonchev–Trinajstić information content (AvgIpc) is 3.01. The van der Waals surface area contributed by atoms with Crippen molar-refractivity contribution >= 4 is 11.7 Å². The fourth-order valence-electron chi connectivity index (χ4n) is 2.11. The molecule has 118 valence electrons. The molecule has 1 amide bonds. The number of ether oxygens (including phenoxy) is 2. The van der Waals surface area contributed by atoms with Crippen molar-refractivity contribution in [2.75, 3.05) is 19.5 Å². The predicted molar refractivity (Wildman–Crippen MR) is 84.7 cm³/mol. The van der Waals surface area contributed by atoms with Crippen LogP contribution in [0.4, 0.5) is 5.82 Å². The van der Waals surface area contributed by atoms with Gasteiger partial charge in [-0.1, -0.05) is 6.92 Å².